The lowest BCUT2D eigenvalue weighted by Crippen LogP contribution is -2.32. The van der Waals surface area contributed by atoms with Gasteiger partial charge in [0.05, 0.1) is 11.1 Å². The van der Waals surface area contributed by atoms with Crippen LogP contribution >= 0.6 is 0 Å². The summed E-state index contributed by atoms with van der Waals surface area (Å²) in [6.45, 7) is 3.11. The summed E-state index contributed by atoms with van der Waals surface area (Å²) in [6.07, 6.45) is 2.34. The van der Waals surface area contributed by atoms with Crippen LogP contribution in [0.2, 0.25) is 0 Å². The zero-order valence-electron chi connectivity index (χ0n) is 11.5. The second-order valence-electron chi connectivity index (χ2n) is 5.53. The number of benzene rings is 1. The number of rotatable bonds is 3. The third kappa shape index (κ3) is 2.51. The van der Waals surface area contributed by atoms with Crippen LogP contribution in [0, 0.1) is 5.92 Å². The molecule has 1 fully saturated rings. The lowest BCUT2D eigenvalue weighted by atomic mass is 9.97. The van der Waals surface area contributed by atoms with Crippen LogP contribution in [0.1, 0.15) is 23.2 Å². The smallest absolute Gasteiger partial charge is 0.335 e. The summed E-state index contributed by atoms with van der Waals surface area (Å²) >= 11 is 0. The molecule has 2 heterocycles. The first-order valence-electron chi connectivity index (χ1n) is 6.88. The van der Waals surface area contributed by atoms with E-state index in [0.717, 1.165) is 25.2 Å². The maximum atomic E-state index is 10.9. The number of likely N-dealkylation sites (tertiary alicyclic amines) is 1. The minimum Gasteiger partial charge on any atom is -0.478 e. The number of carboxylic acid groups (broad SMARTS) is 1. The van der Waals surface area contributed by atoms with Crippen LogP contribution in [0.5, 0.6) is 0 Å². The van der Waals surface area contributed by atoms with E-state index in [9.17, 15) is 4.79 Å². The van der Waals surface area contributed by atoms with Crippen molar-refractivity contribution in [3.63, 3.8) is 0 Å². The van der Waals surface area contributed by atoms with E-state index in [1.807, 2.05) is 4.68 Å². The van der Waals surface area contributed by atoms with Gasteiger partial charge in [-0.2, -0.15) is 0 Å². The molecule has 0 bridgehead atoms. The van der Waals surface area contributed by atoms with E-state index >= 15 is 0 Å². The summed E-state index contributed by atoms with van der Waals surface area (Å²) in [7, 11) is 2.15. The normalized spacial score (nSPS) is 17.6. The van der Waals surface area contributed by atoms with Crippen LogP contribution in [-0.4, -0.2) is 51.1 Å². The molecule has 1 aromatic heterocycles. The highest BCUT2D eigenvalue weighted by Gasteiger charge is 2.18. The number of nitrogens with zero attached hydrogens (tertiary/aromatic N) is 4. The summed E-state index contributed by atoms with van der Waals surface area (Å²) in [5.41, 5.74) is 1.82. The van der Waals surface area contributed by atoms with Crippen molar-refractivity contribution in [2.24, 2.45) is 5.92 Å². The second-order valence-corrected chi connectivity index (χ2v) is 5.53. The number of hydrogen-bond acceptors (Lipinski definition) is 4. The lowest BCUT2D eigenvalue weighted by molar-refractivity contribution is 0.0697. The summed E-state index contributed by atoms with van der Waals surface area (Å²) in [6, 6.07) is 4.99. The summed E-state index contributed by atoms with van der Waals surface area (Å²) < 4.78 is 1.90. The van der Waals surface area contributed by atoms with E-state index in [1.165, 1.54) is 12.8 Å². The van der Waals surface area contributed by atoms with E-state index in [2.05, 4.69) is 22.3 Å². The summed E-state index contributed by atoms with van der Waals surface area (Å²) in [4.78, 5) is 13.3. The molecule has 0 amide bonds. The molecule has 0 atom stereocenters. The van der Waals surface area contributed by atoms with Crippen LogP contribution in [0.15, 0.2) is 18.2 Å². The number of piperidine rings is 1. The van der Waals surface area contributed by atoms with Gasteiger partial charge in [-0.05, 0) is 57.1 Å². The average molecular weight is 274 g/mol. The number of fused-ring (bicyclic) bond motifs is 1. The van der Waals surface area contributed by atoms with Gasteiger partial charge in [-0.25, -0.2) is 9.48 Å². The van der Waals surface area contributed by atoms with Crippen LogP contribution in [0.3, 0.4) is 0 Å². The van der Waals surface area contributed by atoms with E-state index in [0.29, 0.717) is 11.4 Å². The fourth-order valence-electron chi connectivity index (χ4n) is 2.73. The van der Waals surface area contributed by atoms with Gasteiger partial charge in [0, 0.05) is 6.54 Å². The topological polar surface area (TPSA) is 71.2 Å². The number of hydrogen-bond donors (Lipinski definition) is 1. The van der Waals surface area contributed by atoms with Crippen LogP contribution in [0.4, 0.5) is 0 Å². The lowest BCUT2D eigenvalue weighted by Gasteiger charge is -2.28. The van der Waals surface area contributed by atoms with Crippen molar-refractivity contribution < 1.29 is 9.90 Å². The predicted molar refractivity (Wildman–Crippen MR) is 74.7 cm³/mol. The molecule has 0 spiro atoms. The van der Waals surface area contributed by atoms with E-state index in [-0.39, 0.29) is 5.56 Å². The Morgan fingerprint density at radius 1 is 1.40 bits per heavy atom. The van der Waals surface area contributed by atoms with E-state index in [4.69, 9.17) is 5.11 Å². The minimum absolute atomic E-state index is 0.254. The van der Waals surface area contributed by atoms with Crippen molar-refractivity contribution in [2.45, 2.75) is 19.4 Å². The van der Waals surface area contributed by atoms with Gasteiger partial charge in [-0.15, -0.1) is 5.10 Å². The maximum absolute atomic E-state index is 10.9. The number of aromatic nitrogens is 3. The maximum Gasteiger partial charge on any atom is 0.335 e. The molecule has 0 aliphatic carbocycles. The van der Waals surface area contributed by atoms with Gasteiger partial charge in [0.2, 0.25) is 0 Å². The van der Waals surface area contributed by atoms with Crippen molar-refractivity contribution in [3.8, 4) is 0 Å². The molecule has 0 unspecified atom stereocenters. The molecule has 106 valence electrons. The zero-order chi connectivity index (χ0) is 14.1. The van der Waals surface area contributed by atoms with Crippen LogP contribution in [0.25, 0.3) is 11.0 Å². The molecule has 6 nitrogen and oxygen atoms in total. The average Bonchev–Trinajstić information content (AvgIpc) is 2.84. The Morgan fingerprint density at radius 3 is 2.85 bits per heavy atom. The molecule has 1 N–H and O–H groups in total. The number of carbonyl (C=O) groups is 1. The molecule has 3 rings (SSSR count). The monoisotopic (exact) mass is 274 g/mol. The molecule has 6 heteroatoms. The Labute approximate surface area is 117 Å². The zero-order valence-corrected chi connectivity index (χ0v) is 11.5. The number of aromatic carboxylic acids is 1. The van der Waals surface area contributed by atoms with Crippen molar-refractivity contribution >= 4 is 17.0 Å². The first kappa shape index (κ1) is 13.1. The summed E-state index contributed by atoms with van der Waals surface area (Å²) in [5.74, 6) is -0.313. The Balaban J connectivity index is 1.80. The van der Waals surface area contributed by atoms with E-state index < -0.39 is 5.97 Å². The second kappa shape index (κ2) is 5.20. The van der Waals surface area contributed by atoms with Gasteiger partial charge in [-0.1, -0.05) is 5.21 Å². The fraction of sp³-hybridized carbons (Fsp3) is 0.500. The highest BCUT2D eigenvalue weighted by atomic mass is 16.4. The van der Waals surface area contributed by atoms with Gasteiger partial charge < -0.3 is 10.0 Å². The Hall–Kier alpha value is -1.95. The Morgan fingerprint density at radius 2 is 2.15 bits per heavy atom. The third-order valence-corrected chi connectivity index (χ3v) is 4.03. The van der Waals surface area contributed by atoms with Crippen molar-refractivity contribution in [1.29, 1.82) is 0 Å². The third-order valence-electron chi connectivity index (χ3n) is 4.03. The van der Waals surface area contributed by atoms with Crippen molar-refractivity contribution in [3.05, 3.63) is 23.8 Å². The SMILES string of the molecule is CN1CCC(Cn2nnc3cc(C(=O)O)ccc32)CC1. The molecule has 20 heavy (non-hydrogen) atoms. The quantitative estimate of drug-likeness (QED) is 0.917. The molecule has 1 aliphatic rings. The molecular weight excluding hydrogens is 256 g/mol. The van der Waals surface area contributed by atoms with Crippen molar-refractivity contribution in [2.75, 3.05) is 20.1 Å². The predicted octanol–water partition coefficient (Wildman–Crippen LogP) is 1.47. The van der Waals surface area contributed by atoms with Gasteiger partial charge in [0.25, 0.3) is 0 Å². The van der Waals surface area contributed by atoms with Gasteiger partial charge >= 0.3 is 5.97 Å². The van der Waals surface area contributed by atoms with Gasteiger partial charge in [0.15, 0.2) is 0 Å². The first-order valence-corrected chi connectivity index (χ1v) is 6.88. The molecule has 2 aromatic rings. The fourth-order valence-corrected chi connectivity index (χ4v) is 2.73. The molecule has 0 saturated carbocycles. The molecular formula is C14H18N4O2. The Kier molecular flexibility index (Phi) is 3.40. The molecule has 0 radical (unpaired) electrons. The molecule has 1 saturated heterocycles. The first-order chi connectivity index (χ1) is 9.63. The van der Waals surface area contributed by atoms with E-state index in [1.54, 1.807) is 18.2 Å². The van der Waals surface area contributed by atoms with Crippen LogP contribution in [-0.2, 0) is 6.54 Å². The van der Waals surface area contributed by atoms with Gasteiger partial charge in [0.1, 0.15) is 5.52 Å². The standard InChI is InChI=1S/C14H18N4O2/c1-17-6-4-10(5-7-17)9-18-13-3-2-11(14(19)20)8-12(13)15-16-18/h2-3,8,10H,4-7,9H2,1H3,(H,19,20). The van der Waals surface area contributed by atoms with Crippen LogP contribution < -0.4 is 0 Å². The highest BCUT2D eigenvalue weighted by Crippen LogP contribution is 2.20. The number of carboxylic acids is 1. The largest absolute Gasteiger partial charge is 0.478 e. The highest BCUT2D eigenvalue weighted by molar-refractivity contribution is 5.92. The summed E-state index contributed by atoms with van der Waals surface area (Å²) in [5, 5.41) is 17.2. The molecule has 1 aromatic carbocycles. The Bertz CT molecular complexity index is 629. The molecule has 1 aliphatic heterocycles. The van der Waals surface area contributed by atoms with Gasteiger partial charge in [-0.3, -0.25) is 0 Å². The minimum atomic E-state index is -0.934. The van der Waals surface area contributed by atoms with Crippen molar-refractivity contribution in [1.82, 2.24) is 19.9 Å².